The van der Waals surface area contributed by atoms with Crippen molar-refractivity contribution in [1.82, 2.24) is 5.32 Å². The van der Waals surface area contributed by atoms with Gasteiger partial charge in [0.1, 0.15) is 0 Å². The van der Waals surface area contributed by atoms with E-state index in [0.29, 0.717) is 24.3 Å². The molecule has 0 aromatic heterocycles. The maximum atomic E-state index is 12.5. The quantitative estimate of drug-likeness (QED) is 0.705. The van der Waals surface area contributed by atoms with Crippen molar-refractivity contribution in [2.75, 3.05) is 6.54 Å². The molecule has 1 aliphatic heterocycles. The summed E-state index contributed by atoms with van der Waals surface area (Å²) in [6.45, 7) is 0.717. The van der Waals surface area contributed by atoms with E-state index < -0.39 is 17.1 Å². The van der Waals surface area contributed by atoms with Crippen LogP contribution in [0.5, 0.6) is 0 Å². The van der Waals surface area contributed by atoms with E-state index in [4.69, 9.17) is 20.2 Å². The second-order valence-electron chi connectivity index (χ2n) is 11.2. The van der Waals surface area contributed by atoms with Crippen molar-refractivity contribution in [3.63, 3.8) is 0 Å². The lowest BCUT2D eigenvalue weighted by Crippen LogP contribution is -2.59. The van der Waals surface area contributed by atoms with Crippen LogP contribution in [-0.2, 0) is 19.3 Å². The molecule has 6 nitrogen and oxygen atoms in total. The minimum Gasteiger partial charge on any atom is -0.354 e. The molecule has 1 saturated heterocycles. The Bertz CT molecular complexity index is 638. The highest BCUT2D eigenvalue weighted by Crippen LogP contribution is 2.63. The highest BCUT2D eigenvalue weighted by Gasteiger charge is 2.66. The van der Waals surface area contributed by atoms with Crippen molar-refractivity contribution in [3.8, 4) is 0 Å². The van der Waals surface area contributed by atoms with Crippen LogP contribution in [0.1, 0.15) is 83.5 Å². The van der Waals surface area contributed by atoms with Gasteiger partial charge in [0.15, 0.2) is 0 Å². The lowest BCUT2D eigenvalue weighted by molar-refractivity contribution is -0.390. The highest BCUT2D eigenvalue weighted by molar-refractivity contribution is 5.86. The molecular weight excluding hydrogens is 368 g/mol. The summed E-state index contributed by atoms with van der Waals surface area (Å²) in [5.74, 6) is 2.29. The van der Waals surface area contributed by atoms with Gasteiger partial charge in [0.25, 0.3) is 0 Å². The van der Waals surface area contributed by atoms with Gasteiger partial charge in [0, 0.05) is 31.2 Å². The Morgan fingerprint density at radius 1 is 0.897 bits per heavy atom. The largest absolute Gasteiger partial charge is 0.354 e. The van der Waals surface area contributed by atoms with Crippen molar-refractivity contribution in [3.05, 3.63) is 0 Å². The normalized spacial score (nSPS) is 49.9. The molecule has 2 spiro atoms. The van der Waals surface area contributed by atoms with Gasteiger partial charge in [-0.3, -0.25) is 4.79 Å². The van der Waals surface area contributed by atoms with Crippen molar-refractivity contribution in [1.29, 1.82) is 0 Å². The molecule has 162 valence electrons. The third kappa shape index (κ3) is 3.00. The number of amides is 1. The number of hydrogen-bond acceptors (Lipinski definition) is 5. The van der Waals surface area contributed by atoms with E-state index in [9.17, 15) is 4.79 Å². The lowest BCUT2D eigenvalue weighted by Gasteiger charge is -2.57. The predicted molar refractivity (Wildman–Crippen MR) is 106 cm³/mol. The Hall–Kier alpha value is -0.690. The Morgan fingerprint density at radius 3 is 2.14 bits per heavy atom. The molecule has 0 aromatic carbocycles. The minimum atomic E-state index is -0.632. The maximum Gasteiger partial charge on any atom is 0.240 e. The first-order valence-electron chi connectivity index (χ1n) is 12.1. The molecule has 6 aliphatic carbocycles. The number of carbonyl (C=O) groups excluding carboxylic acids is 1. The second-order valence-corrected chi connectivity index (χ2v) is 11.2. The van der Waals surface area contributed by atoms with Gasteiger partial charge in [-0.2, -0.15) is 9.78 Å². The van der Waals surface area contributed by atoms with Crippen LogP contribution in [0.2, 0.25) is 0 Å². The van der Waals surface area contributed by atoms with Crippen molar-refractivity contribution < 1.29 is 19.3 Å². The molecule has 1 heterocycles. The maximum absolute atomic E-state index is 12.5. The fourth-order valence-electron chi connectivity index (χ4n) is 7.76. The first-order chi connectivity index (χ1) is 14.0. The zero-order valence-corrected chi connectivity index (χ0v) is 17.5. The number of rotatable bonds is 3. The van der Waals surface area contributed by atoms with Crippen LogP contribution in [0.15, 0.2) is 0 Å². The molecule has 7 rings (SSSR count). The summed E-state index contributed by atoms with van der Waals surface area (Å²) in [4.78, 5) is 24.6. The monoisotopic (exact) mass is 404 g/mol. The van der Waals surface area contributed by atoms with Crippen molar-refractivity contribution in [2.24, 2.45) is 35.3 Å². The summed E-state index contributed by atoms with van der Waals surface area (Å²) in [5, 5.41) is 3.14. The fourth-order valence-corrected chi connectivity index (χ4v) is 7.76. The number of hydrogen-bond donors (Lipinski definition) is 2. The van der Waals surface area contributed by atoms with Gasteiger partial charge in [-0.25, -0.2) is 0 Å². The topological polar surface area (TPSA) is 82.8 Å². The van der Waals surface area contributed by atoms with Crippen LogP contribution < -0.4 is 11.1 Å². The third-order valence-electron chi connectivity index (χ3n) is 9.31. The third-order valence-corrected chi connectivity index (χ3v) is 9.31. The Balaban J connectivity index is 1.05. The van der Waals surface area contributed by atoms with Crippen LogP contribution in [0.3, 0.4) is 0 Å². The first-order valence-corrected chi connectivity index (χ1v) is 12.1. The van der Waals surface area contributed by atoms with Crippen LogP contribution in [-0.4, -0.2) is 29.6 Å². The number of ether oxygens (including phenoxy) is 1. The summed E-state index contributed by atoms with van der Waals surface area (Å²) in [6.07, 6.45) is 13.9. The Morgan fingerprint density at radius 2 is 1.52 bits per heavy atom. The van der Waals surface area contributed by atoms with Gasteiger partial charge in [-0.15, -0.1) is 0 Å². The van der Waals surface area contributed by atoms with Gasteiger partial charge in [0.05, 0.1) is 5.54 Å². The molecule has 0 aromatic rings. The minimum absolute atomic E-state index is 0.0412. The Kier molecular flexibility index (Phi) is 4.36. The molecule has 7 fully saturated rings. The van der Waals surface area contributed by atoms with Crippen molar-refractivity contribution >= 4 is 5.91 Å². The van der Waals surface area contributed by atoms with Gasteiger partial charge >= 0.3 is 0 Å². The number of nitrogens with one attached hydrogen (secondary N) is 1. The SMILES string of the molecule is NC1(C(=O)NCC2CCC3(CC2)OOC2(O3)C3CC4CC(C3)CC2C4)CCCC1. The van der Waals surface area contributed by atoms with Crippen LogP contribution in [0.25, 0.3) is 0 Å². The molecule has 0 unspecified atom stereocenters. The van der Waals surface area contributed by atoms with Crippen LogP contribution >= 0.6 is 0 Å². The molecule has 6 saturated carbocycles. The molecule has 3 N–H and O–H groups in total. The molecule has 0 atom stereocenters. The molecule has 1 amide bonds. The van der Waals surface area contributed by atoms with Crippen molar-refractivity contribution in [2.45, 2.75) is 101 Å². The zero-order valence-electron chi connectivity index (χ0n) is 17.5. The van der Waals surface area contributed by atoms with E-state index in [0.717, 1.165) is 63.2 Å². The zero-order chi connectivity index (χ0) is 19.7. The summed E-state index contributed by atoms with van der Waals surface area (Å²) in [7, 11) is 0. The average Bonchev–Trinajstić information content (AvgIpc) is 3.32. The number of nitrogens with two attached hydrogens (primary N) is 1. The Labute approximate surface area is 173 Å². The van der Waals surface area contributed by atoms with E-state index >= 15 is 0 Å². The van der Waals surface area contributed by atoms with Crippen LogP contribution in [0.4, 0.5) is 0 Å². The predicted octanol–water partition coefficient (Wildman–Crippen LogP) is 3.39. The summed E-state index contributed by atoms with van der Waals surface area (Å²) in [6, 6.07) is 0. The van der Waals surface area contributed by atoms with E-state index in [2.05, 4.69) is 5.32 Å². The van der Waals surface area contributed by atoms with E-state index in [1.54, 1.807) is 0 Å². The molecular formula is C23H36N2O4. The molecule has 0 radical (unpaired) electrons. The highest BCUT2D eigenvalue weighted by atomic mass is 17.3. The lowest BCUT2D eigenvalue weighted by atomic mass is 9.53. The summed E-state index contributed by atoms with van der Waals surface area (Å²) >= 11 is 0. The first kappa shape index (κ1) is 19.0. The van der Waals surface area contributed by atoms with Gasteiger partial charge in [-0.05, 0) is 75.5 Å². The van der Waals surface area contributed by atoms with Gasteiger partial charge in [-0.1, -0.05) is 12.8 Å². The molecule has 6 heteroatoms. The van der Waals surface area contributed by atoms with E-state index in [1.165, 1.54) is 32.1 Å². The molecule has 4 bridgehead atoms. The van der Waals surface area contributed by atoms with Crippen LogP contribution in [0, 0.1) is 29.6 Å². The number of carbonyl (C=O) groups is 1. The standard InChI is InChI=1S/C23H36N2O4/c24-21(5-1-2-6-21)20(26)25-14-15-3-7-22(8-4-15)27-23(29-28-22)18-10-16-9-17(12-18)13-19(23)11-16/h15-19H,1-14,24H2,(H,25,26). The second kappa shape index (κ2) is 6.65. The van der Waals surface area contributed by atoms with E-state index in [1.807, 2.05) is 0 Å². The van der Waals surface area contributed by atoms with Gasteiger partial charge < -0.3 is 15.8 Å². The average molecular weight is 405 g/mol. The van der Waals surface area contributed by atoms with Gasteiger partial charge in [0.2, 0.25) is 17.5 Å². The fraction of sp³-hybridized carbons (Fsp3) is 0.957. The smallest absolute Gasteiger partial charge is 0.240 e. The summed E-state index contributed by atoms with van der Waals surface area (Å²) in [5.41, 5.74) is 5.65. The molecule has 7 aliphatic rings. The summed E-state index contributed by atoms with van der Waals surface area (Å²) < 4.78 is 6.77. The van der Waals surface area contributed by atoms with E-state index in [-0.39, 0.29) is 5.91 Å². The molecule has 29 heavy (non-hydrogen) atoms.